The summed E-state index contributed by atoms with van der Waals surface area (Å²) in [5, 5.41) is 2.51. The minimum atomic E-state index is -0.0934. The van der Waals surface area contributed by atoms with E-state index in [2.05, 4.69) is 144 Å². The van der Waals surface area contributed by atoms with Crippen LogP contribution in [0, 0.1) is 10.8 Å². The molecule has 5 heteroatoms. The lowest BCUT2D eigenvalue weighted by Gasteiger charge is -2.26. The molecular weight excluding hydrogens is 617 g/mol. The molecule has 0 spiro atoms. The number of allylic oxidation sites excluding steroid dienone is 4. The highest BCUT2D eigenvalue weighted by molar-refractivity contribution is 7.26. The Morgan fingerprint density at radius 3 is 2.04 bits per heavy atom. The molecule has 49 heavy (non-hydrogen) atoms. The summed E-state index contributed by atoms with van der Waals surface area (Å²) in [5.74, 6) is 0.715. The average molecular weight is 669 g/mol. The number of fused-ring (bicyclic) bond motifs is 3. The van der Waals surface area contributed by atoms with Gasteiger partial charge in [-0.05, 0) is 98.4 Å². The van der Waals surface area contributed by atoms with Crippen LogP contribution in [0.2, 0.25) is 0 Å². The maximum atomic E-state index is 5.29. The van der Waals surface area contributed by atoms with Gasteiger partial charge in [-0.1, -0.05) is 101 Å². The number of rotatable bonds is 4. The van der Waals surface area contributed by atoms with Crippen LogP contribution in [-0.2, 0) is 17.3 Å². The van der Waals surface area contributed by atoms with Crippen LogP contribution in [0.15, 0.2) is 83.6 Å². The highest BCUT2D eigenvalue weighted by Crippen LogP contribution is 2.41. The predicted molar refractivity (Wildman–Crippen MR) is 212 cm³/mol. The van der Waals surface area contributed by atoms with E-state index in [4.69, 9.17) is 19.9 Å². The first-order chi connectivity index (χ1) is 22.7. The third-order valence-electron chi connectivity index (χ3n) is 9.21. The standard InChI is InChI=1S/C44H52N4S/c1-41(2,3)26-27-13-14-33-34-16-18-46-39(40(34)49-37(33)19-27)36-24-31(44(10,11)12)25-38(48-36)47-32-21-28(20-30(22-32)43(7,8)9)35-23-29(15-17-45-35)42(4,5)6/h13-20,22-25H,21,26H2,1-12H3. The van der Waals surface area contributed by atoms with Crippen LogP contribution in [0.25, 0.3) is 37.1 Å². The lowest BCUT2D eigenvalue weighted by Crippen LogP contribution is -2.16. The molecule has 0 bridgehead atoms. The van der Waals surface area contributed by atoms with Gasteiger partial charge >= 0.3 is 0 Å². The van der Waals surface area contributed by atoms with Crippen LogP contribution in [0.5, 0.6) is 0 Å². The summed E-state index contributed by atoms with van der Waals surface area (Å²) in [4.78, 5) is 20.3. The molecule has 5 aromatic rings. The summed E-state index contributed by atoms with van der Waals surface area (Å²) >= 11 is 1.82. The molecule has 0 saturated heterocycles. The van der Waals surface area contributed by atoms with Gasteiger partial charge in [-0.2, -0.15) is 0 Å². The Morgan fingerprint density at radius 2 is 1.37 bits per heavy atom. The number of aromatic nitrogens is 3. The second kappa shape index (κ2) is 12.4. The van der Waals surface area contributed by atoms with Gasteiger partial charge in [0.05, 0.1) is 16.1 Å². The molecule has 0 fully saturated rings. The number of aliphatic imine (C=N–C) groups is 1. The molecule has 0 unspecified atom stereocenters. The molecule has 6 rings (SSSR count). The van der Waals surface area contributed by atoms with E-state index in [9.17, 15) is 0 Å². The SMILES string of the molecule is CC(C)(C)Cc1ccc2c(c1)sc1c(-c3cc(C(C)(C)C)cc(N=C4C=C(C(C)(C)C)C=C(c5cc(C(C)(C)C)ccn5)C4)n3)nccc12. The average Bonchev–Trinajstić information content (AvgIpc) is 3.36. The summed E-state index contributed by atoms with van der Waals surface area (Å²) < 4.78 is 2.47. The quantitative estimate of drug-likeness (QED) is 0.191. The maximum Gasteiger partial charge on any atom is 0.153 e. The Bertz CT molecular complexity index is 2150. The van der Waals surface area contributed by atoms with Crippen LogP contribution in [-0.4, -0.2) is 20.7 Å². The summed E-state index contributed by atoms with van der Waals surface area (Å²) in [6.45, 7) is 27.2. The molecule has 0 saturated carbocycles. The molecule has 0 atom stereocenters. The lowest BCUT2D eigenvalue weighted by molar-refractivity contribution is 0.411. The van der Waals surface area contributed by atoms with Crippen molar-refractivity contribution in [3.63, 3.8) is 0 Å². The van der Waals surface area contributed by atoms with Gasteiger partial charge in [0.15, 0.2) is 5.82 Å². The van der Waals surface area contributed by atoms with E-state index in [1.807, 2.05) is 23.7 Å². The summed E-state index contributed by atoms with van der Waals surface area (Å²) in [6.07, 6.45) is 10.2. The number of nitrogens with zero attached hydrogens (tertiary/aromatic N) is 4. The topological polar surface area (TPSA) is 51.0 Å². The van der Waals surface area contributed by atoms with Crippen molar-refractivity contribution in [1.29, 1.82) is 0 Å². The molecule has 1 aliphatic rings. The molecule has 0 radical (unpaired) electrons. The van der Waals surface area contributed by atoms with E-state index in [-0.39, 0.29) is 21.7 Å². The van der Waals surface area contributed by atoms with E-state index in [0.29, 0.717) is 12.2 Å². The van der Waals surface area contributed by atoms with Crippen LogP contribution in [0.1, 0.15) is 112 Å². The summed E-state index contributed by atoms with van der Waals surface area (Å²) in [6, 6.07) is 17.8. The fourth-order valence-corrected chi connectivity index (χ4v) is 7.63. The monoisotopic (exact) mass is 668 g/mol. The van der Waals surface area contributed by atoms with Crippen molar-refractivity contribution < 1.29 is 0 Å². The first-order valence-corrected chi connectivity index (χ1v) is 18.4. The second-order valence-electron chi connectivity index (χ2n) is 18.0. The molecule has 4 aromatic heterocycles. The van der Waals surface area contributed by atoms with Gasteiger partial charge in [-0.25, -0.2) is 9.98 Å². The van der Waals surface area contributed by atoms with Crippen molar-refractivity contribution >= 4 is 48.6 Å². The molecule has 0 aliphatic heterocycles. The van der Waals surface area contributed by atoms with Crippen molar-refractivity contribution in [2.45, 2.75) is 107 Å². The zero-order chi connectivity index (χ0) is 35.5. The van der Waals surface area contributed by atoms with Gasteiger partial charge < -0.3 is 0 Å². The molecule has 1 aliphatic carbocycles. The zero-order valence-electron chi connectivity index (χ0n) is 31.5. The molecule has 1 aromatic carbocycles. The Hall–Kier alpha value is -3.96. The predicted octanol–water partition coefficient (Wildman–Crippen LogP) is 12.6. The lowest BCUT2D eigenvalue weighted by atomic mass is 9.80. The highest BCUT2D eigenvalue weighted by atomic mass is 32.1. The van der Waals surface area contributed by atoms with Gasteiger partial charge in [0.1, 0.15) is 5.69 Å². The summed E-state index contributed by atoms with van der Waals surface area (Å²) in [7, 11) is 0. The fraction of sp³-hybridized carbons (Fsp3) is 0.409. The largest absolute Gasteiger partial charge is 0.257 e. The van der Waals surface area contributed by atoms with Crippen molar-refractivity contribution in [3.8, 4) is 11.4 Å². The van der Waals surface area contributed by atoms with Crippen molar-refractivity contribution in [1.82, 2.24) is 15.0 Å². The van der Waals surface area contributed by atoms with Gasteiger partial charge in [0, 0.05) is 40.0 Å². The normalized spacial score (nSPS) is 15.6. The smallest absolute Gasteiger partial charge is 0.153 e. The fourth-order valence-electron chi connectivity index (χ4n) is 6.37. The minimum Gasteiger partial charge on any atom is -0.257 e. The molecule has 0 N–H and O–H groups in total. The Kier molecular flexibility index (Phi) is 8.84. The second-order valence-corrected chi connectivity index (χ2v) is 19.1. The Labute approximate surface area is 297 Å². The van der Waals surface area contributed by atoms with Gasteiger partial charge in [-0.15, -0.1) is 11.3 Å². The number of hydrogen-bond acceptors (Lipinski definition) is 5. The number of pyridine rings is 3. The third kappa shape index (κ3) is 7.78. The number of benzene rings is 1. The molecule has 254 valence electrons. The van der Waals surface area contributed by atoms with Gasteiger partial charge in [0.25, 0.3) is 0 Å². The number of hydrogen-bond donors (Lipinski definition) is 0. The zero-order valence-corrected chi connectivity index (χ0v) is 32.4. The van der Waals surface area contributed by atoms with E-state index < -0.39 is 0 Å². The Balaban J connectivity index is 1.47. The Morgan fingerprint density at radius 1 is 0.673 bits per heavy atom. The van der Waals surface area contributed by atoms with E-state index in [0.717, 1.165) is 29.2 Å². The third-order valence-corrected chi connectivity index (χ3v) is 10.4. The van der Waals surface area contributed by atoms with Crippen LogP contribution < -0.4 is 0 Å². The maximum absolute atomic E-state index is 5.29. The van der Waals surface area contributed by atoms with Crippen LogP contribution in [0.4, 0.5) is 5.82 Å². The molecule has 0 amide bonds. The highest BCUT2D eigenvalue weighted by Gasteiger charge is 2.25. The van der Waals surface area contributed by atoms with Gasteiger partial charge in [-0.3, -0.25) is 9.97 Å². The first-order valence-electron chi connectivity index (χ1n) is 17.5. The summed E-state index contributed by atoms with van der Waals surface area (Å²) in [5.41, 5.74) is 10.2. The van der Waals surface area contributed by atoms with E-state index in [1.54, 1.807) is 0 Å². The first kappa shape index (κ1) is 34.9. The minimum absolute atomic E-state index is 0.0419. The molecular formula is C44H52N4S. The molecule has 4 heterocycles. The van der Waals surface area contributed by atoms with E-state index in [1.165, 1.54) is 48.0 Å². The number of thiophene rings is 1. The van der Waals surface area contributed by atoms with Crippen molar-refractivity contribution in [3.05, 3.63) is 101 Å². The van der Waals surface area contributed by atoms with Crippen LogP contribution in [0.3, 0.4) is 0 Å². The van der Waals surface area contributed by atoms with Crippen molar-refractivity contribution in [2.75, 3.05) is 0 Å². The van der Waals surface area contributed by atoms with Gasteiger partial charge in [0.2, 0.25) is 0 Å². The molecule has 4 nitrogen and oxygen atoms in total. The van der Waals surface area contributed by atoms with Crippen molar-refractivity contribution in [2.24, 2.45) is 15.8 Å². The van der Waals surface area contributed by atoms with E-state index >= 15 is 0 Å². The van der Waals surface area contributed by atoms with Crippen LogP contribution >= 0.6 is 11.3 Å².